The van der Waals surface area contributed by atoms with Crippen molar-refractivity contribution in [3.05, 3.63) is 65.2 Å². The quantitative estimate of drug-likeness (QED) is 0.791. The summed E-state index contributed by atoms with van der Waals surface area (Å²) in [4.78, 5) is 11.9. The highest BCUT2D eigenvalue weighted by Gasteiger charge is 2.13. The van der Waals surface area contributed by atoms with Gasteiger partial charge >= 0.3 is 0 Å². The highest BCUT2D eigenvalue weighted by Crippen LogP contribution is 2.14. The average Bonchev–Trinajstić information content (AvgIpc) is 2.52. The Hall–Kier alpha value is -1.89. The first-order chi connectivity index (χ1) is 10.5. The van der Waals surface area contributed by atoms with Crippen molar-refractivity contribution < 1.29 is 13.2 Å². The molecule has 7 heteroatoms. The molecule has 0 heterocycles. The van der Waals surface area contributed by atoms with E-state index in [0.29, 0.717) is 10.6 Å². The van der Waals surface area contributed by atoms with E-state index in [0.717, 1.165) is 0 Å². The summed E-state index contributed by atoms with van der Waals surface area (Å²) in [6.45, 7) is 0.279. The van der Waals surface area contributed by atoms with Gasteiger partial charge in [-0.25, -0.2) is 13.1 Å². The van der Waals surface area contributed by atoms with Crippen molar-refractivity contribution in [1.29, 1.82) is 0 Å². The van der Waals surface area contributed by atoms with Gasteiger partial charge in [0.2, 0.25) is 10.0 Å². The van der Waals surface area contributed by atoms with Crippen LogP contribution in [0.15, 0.2) is 59.5 Å². The van der Waals surface area contributed by atoms with Crippen LogP contribution in [-0.4, -0.2) is 27.4 Å². The van der Waals surface area contributed by atoms with E-state index in [4.69, 9.17) is 11.6 Å². The third-order valence-corrected chi connectivity index (χ3v) is 4.54. The molecule has 2 N–H and O–H groups in total. The summed E-state index contributed by atoms with van der Waals surface area (Å²) in [5, 5.41) is 2.99. The van der Waals surface area contributed by atoms with Crippen LogP contribution in [0.3, 0.4) is 0 Å². The van der Waals surface area contributed by atoms with Crippen molar-refractivity contribution >= 4 is 27.5 Å². The Morgan fingerprint density at radius 2 is 1.73 bits per heavy atom. The molecule has 116 valence electrons. The number of nitrogens with one attached hydrogen (secondary N) is 2. The number of rotatable bonds is 6. The first kappa shape index (κ1) is 16.5. The van der Waals surface area contributed by atoms with Crippen molar-refractivity contribution in [2.75, 3.05) is 13.1 Å². The minimum absolute atomic E-state index is 0.0907. The molecule has 0 fully saturated rings. The van der Waals surface area contributed by atoms with Crippen molar-refractivity contribution in [3.63, 3.8) is 0 Å². The maximum atomic E-state index is 12.0. The molecule has 0 aromatic heterocycles. The van der Waals surface area contributed by atoms with Crippen LogP contribution < -0.4 is 10.0 Å². The van der Waals surface area contributed by atoms with E-state index in [2.05, 4.69) is 10.0 Å². The van der Waals surface area contributed by atoms with Gasteiger partial charge in [-0.05, 0) is 30.3 Å². The summed E-state index contributed by atoms with van der Waals surface area (Å²) in [5.41, 5.74) is 0.528. The van der Waals surface area contributed by atoms with Gasteiger partial charge in [-0.3, -0.25) is 4.79 Å². The second kappa shape index (κ2) is 7.40. The largest absolute Gasteiger partial charge is 0.351 e. The number of hydrogen-bond acceptors (Lipinski definition) is 3. The number of halogens is 1. The van der Waals surface area contributed by atoms with E-state index in [-0.39, 0.29) is 23.9 Å². The number of sulfonamides is 1. The molecule has 0 aliphatic carbocycles. The first-order valence-electron chi connectivity index (χ1n) is 6.57. The monoisotopic (exact) mass is 338 g/mol. The summed E-state index contributed by atoms with van der Waals surface area (Å²) in [6.07, 6.45) is 0. The van der Waals surface area contributed by atoms with Gasteiger partial charge in [-0.1, -0.05) is 35.9 Å². The molecule has 0 bridgehead atoms. The second-order valence-corrected chi connectivity index (χ2v) is 6.68. The van der Waals surface area contributed by atoms with E-state index in [9.17, 15) is 13.2 Å². The Labute approximate surface area is 134 Å². The maximum Gasteiger partial charge on any atom is 0.251 e. The molecular weight excluding hydrogens is 324 g/mol. The van der Waals surface area contributed by atoms with Crippen molar-refractivity contribution in [2.24, 2.45) is 0 Å². The number of amides is 1. The number of hydrogen-bond donors (Lipinski definition) is 2. The zero-order valence-electron chi connectivity index (χ0n) is 11.6. The van der Waals surface area contributed by atoms with Crippen LogP contribution >= 0.6 is 11.6 Å². The van der Waals surface area contributed by atoms with E-state index < -0.39 is 10.0 Å². The van der Waals surface area contributed by atoms with E-state index >= 15 is 0 Å². The van der Waals surface area contributed by atoms with E-state index in [1.54, 1.807) is 36.4 Å². The third kappa shape index (κ3) is 4.56. The van der Waals surface area contributed by atoms with Gasteiger partial charge in [0.05, 0.1) is 4.90 Å². The van der Waals surface area contributed by atoms with Crippen molar-refractivity contribution in [3.8, 4) is 0 Å². The average molecular weight is 339 g/mol. The summed E-state index contributed by atoms with van der Waals surface area (Å²) >= 11 is 5.77. The SMILES string of the molecule is O=C(NCCNS(=O)(=O)c1cccc(Cl)c1)c1ccccc1. The lowest BCUT2D eigenvalue weighted by Gasteiger charge is -2.08. The molecule has 0 radical (unpaired) electrons. The van der Waals surface area contributed by atoms with Crippen molar-refractivity contribution in [1.82, 2.24) is 10.0 Å². The molecule has 0 unspecified atom stereocenters. The van der Waals surface area contributed by atoms with E-state index in [1.165, 1.54) is 12.1 Å². The Bertz CT molecular complexity index is 748. The molecule has 2 aromatic carbocycles. The fourth-order valence-electron chi connectivity index (χ4n) is 1.77. The Morgan fingerprint density at radius 1 is 1.00 bits per heavy atom. The predicted octanol–water partition coefficient (Wildman–Crippen LogP) is 2.05. The Morgan fingerprint density at radius 3 is 2.41 bits per heavy atom. The normalized spacial score (nSPS) is 11.1. The lowest BCUT2D eigenvalue weighted by molar-refractivity contribution is 0.0954. The molecule has 0 spiro atoms. The van der Waals surface area contributed by atoms with Gasteiger partial charge in [0.1, 0.15) is 0 Å². The molecular formula is C15H15ClN2O3S. The minimum Gasteiger partial charge on any atom is -0.351 e. The van der Waals surface area contributed by atoms with Crippen LogP contribution in [0.25, 0.3) is 0 Å². The summed E-state index contributed by atoms with van der Waals surface area (Å²) < 4.78 is 26.4. The maximum absolute atomic E-state index is 12.0. The number of benzene rings is 2. The summed E-state index contributed by atoms with van der Waals surface area (Å²) in [6, 6.07) is 14.7. The van der Waals surface area contributed by atoms with Gasteiger partial charge in [0.15, 0.2) is 0 Å². The van der Waals surface area contributed by atoms with E-state index in [1.807, 2.05) is 6.07 Å². The lowest BCUT2D eigenvalue weighted by atomic mass is 10.2. The van der Waals surface area contributed by atoms with Gasteiger partial charge in [0.25, 0.3) is 5.91 Å². The molecule has 1 amide bonds. The lowest BCUT2D eigenvalue weighted by Crippen LogP contribution is -2.34. The van der Waals surface area contributed by atoms with Crippen LogP contribution in [0.2, 0.25) is 5.02 Å². The zero-order chi connectivity index (χ0) is 16.0. The third-order valence-electron chi connectivity index (χ3n) is 2.85. The minimum atomic E-state index is -3.63. The molecule has 2 aromatic rings. The zero-order valence-corrected chi connectivity index (χ0v) is 13.2. The predicted molar refractivity (Wildman–Crippen MR) is 85.4 cm³/mol. The molecule has 5 nitrogen and oxygen atoms in total. The van der Waals surface area contributed by atoms with Crippen LogP contribution in [0.4, 0.5) is 0 Å². The summed E-state index contributed by atoms with van der Waals surface area (Å²) in [7, 11) is -3.63. The molecule has 22 heavy (non-hydrogen) atoms. The van der Waals surface area contributed by atoms with Crippen LogP contribution in [0.1, 0.15) is 10.4 Å². The van der Waals surface area contributed by atoms with Gasteiger partial charge in [-0.2, -0.15) is 0 Å². The number of carbonyl (C=O) groups is 1. The fraction of sp³-hybridized carbons (Fsp3) is 0.133. The summed E-state index contributed by atoms with van der Waals surface area (Å²) in [5.74, 6) is -0.248. The molecule has 2 rings (SSSR count). The van der Waals surface area contributed by atoms with Crippen LogP contribution in [0, 0.1) is 0 Å². The van der Waals surface area contributed by atoms with Gasteiger partial charge < -0.3 is 5.32 Å². The second-order valence-electron chi connectivity index (χ2n) is 4.48. The fourth-order valence-corrected chi connectivity index (χ4v) is 3.10. The molecule has 0 atom stereocenters. The molecule has 0 aliphatic rings. The van der Waals surface area contributed by atoms with Crippen LogP contribution in [0.5, 0.6) is 0 Å². The van der Waals surface area contributed by atoms with Crippen molar-refractivity contribution in [2.45, 2.75) is 4.90 Å². The smallest absolute Gasteiger partial charge is 0.251 e. The topological polar surface area (TPSA) is 75.3 Å². The standard InChI is InChI=1S/C15H15ClN2O3S/c16-13-7-4-8-14(11-13)22(20,21)18-10-9-17-15(19)12-5-2-1-3-6-12/h1-8,11,18H,9-10H2,(H,17,19). The van der Waals surface area contributed by atoms with Gasteiger partial charge in [-0.15, -0.1) is 0 Å². The Balaban J connectivity index is 1.85. The van der Waals surface area contributed by atoms with Gasteiger partial charge in [0, 0.05) is 23.7 Å². The Kier molecular flexibility index (Phi) is 5.54. The first-order valence-corrected chi connectivity index (χ1v) is 8.43. The molecule has 0 aliphatic heterocycles. The molecule has 0 saturated heterocycles. The number of carbonyl (C=O) groups excluding carboxylic acids is 1. The molecule has 0 saturated carbocycles. The highest BCUT2D eigenvalue weighted by molar-refractivity contribution is 7.89. The highest BCUT2D eigenvalue weighted by atomic mass is 35.5. The van der Waals surface area contributed by atoms with Crippen LogP contribution in [-0.2, 0) is 10.0 Å².